The van der Waals surface area contributed by atoms with Crippen LogP contribution in [0.2, 0.25) is 0 Å². The monoisotopic (exact) mass is 340 g/mol. The van der Waals surface area contributed by atoms with E-state index in [1.807, 2.05) is 0 Å². The van der Waals surface area contributed by atoms with Crippen molar-refractivity contribution in [1.82, 2.24) is 0 Å². The zero-order valence-electron chi connectivity index (χ0n) is 13.5. The maximum atomic E-state index is 13.4. The van der Waals surface area contributed by atoms with Gasteiger partial charge in [0.05, 0.1) is 29.3 Å². The van der Waals surface area contributed by atoms with Gasteiger partial charge < -0.3 is 15.2 Å². The molecule has 2 N–H and O–H groups in total. The van der Waals surface area contributed by atoms with E-state index >= 15 is 0 Å². The number of benzene rings is 1. The Labute approximate surface area is 139 Å². The molecule has 7 nitrogen and oxygen atoms in total. The van der Waals surface area contributed by atoms with E-state index in [1.54, 1.807) is 0 Å². The highest BCUT2D eigenvalue weighted by Crippen LogP contribution is 2.28. The lowest BCUT2D eigenvalue weighted by Crippen LogP contribution is -2.27. The summed E-state index contributed by atoms with van der Waals surface area (Å²) in [4.78, 5) is 21.9. The van der Waals surface area contributed by atoms with Crippen molar-refractivity contribution < 1.29 is 23.6 Å². The molecule has 0 saturated heterocycles. The zero-order valence-corrected chi connectivity index (χ0v) is 13.5. The first-order valence-electron chi connectivity index (χ1n) is 7.92. The lowest BCUT2D eigenvalue weighted by Gasteiger charge is -2.28. The van der Waals surface area contributed by atoms with Gasteiger partial charge in [-0.2, -0.15) is 0 Å². The molecule has 1 aromatic rings. The number of nitrogens with zero attached hydrogens (tertiary/aromatic N) is 1. The molecule has 1 aromatic carbocycles. The number of nitrogens with two attached hydrogens (primary N) is 1. The van der Waals surface area contributed by atoms with Crippen LogP contribution in [0, 0.1) is 21.8 Å². The van der Waals surface area contributed by atoms with E-state index in [1.165, 1.54) is 6.42 Å². The van der Waals surface area contributed by atoms with Gasteiger partial charge in [0, 0.05) is 0 Å². The molecule has 0 unspecified atom stereocenters. The molecule has 132 valence electrons. The first kappa shape index (κ1) is 18.1. The van der Waals surface area contributed by atoms with Crippen LogP contribution in [-0.4, -0.2) is 30.2 Å². The molecule has 0 amide bonds. The van der Waals surface area contributed by atoms with Gasteiger partial charge in [0.1, 0.15) is 18.1 Å². The number of nitro benzene ring substituents is 1. The standard InChI is InChI=1S/C16H21FN2O5/c1-10-4-2-3-5-14(10)23-6-7-24-16(20)12-8-11(17)9-13(15(12)18)19(21)22/h8-10,14H,2-7,18H2,1H3/t10-,14-/m0/s1. The number of ether oxygens (including phenoxy) is 2. The van der Waals surface area contributed by atoms with Crippen molar-refractivity contribution in [1.29, 1.82) is 0 Å². The number of rotatable bonds is 6. The van der Waals surface area contributed by atoms with Crippen molar-refractivity contribution >= 4 is 17.3 Å². The van der Waals surface area contributed by atoms with Gasteiger partial charge in [-0.25, -0.2) is 9.18 Å². The van der Waals surface area contributed by atoms with Crippen LogP contribution in [-0.2, 0) is 9.47 Å². The first-order chi connectivity index (χ1) is 11.4. The summed E-state index contributed by atoms with van der Waals surface area (Å²) in [6.45, 7) is 2.33. The summed E-state index contributed by atoms with van der Waals surface area (Å²) in [5.74, 6) is -1.36. The molecule has 0 aliphatic heterocycles. The molecule has 2 atom stereocenters. The lowest BCUT2D eigenvalue weighted by molar-refractivity contribution is -0.384. The largest absolute Gasteiger partial charge is 0.460 e. The van der Waals surface area contributed by atoms with E-state index in [4.69, 9.17) is 15.2 Å². The fourth-order valence-electron chi connectivity index (χ4n) is 2.87. The van der Waals surface area contributed by atoms with E-state index in [0.29, 0.717) is 12.0 Å². The minimum absolute atomic E-state index is 0.0220. The normalized spacial score (nSPS) is 20.6. The van der Waals surface area contributed by atoms with Crippen molar-refractivity contribution in [3.63, 3.8) is 0 Å². The number of carbonyl (C=O) groups excluding carboxylic acids is 1. The number of carbonyl (C=O) groups is 1. The number of hydrogen-bond acceptors (Lipinski definition) is 6. The maximum Gasteiger partial charge on any atom is 0.340 e. The summed E-state index contributed by atoms with van der Waals surface area (Å²) in [6.07, 6.45) is 4.58. The molecule has 0 radical (unpaired) electrons. The fourth-order valence-corrected chi connectivity index (χ4v) is 2.87. The summed E-state index contributed by atoms with van der Waals surface area (Å²) in [6, 6.07) is 1.49. The maximum absolute atomic E-state index is 13.4. The van der Waals surface area contributed by atoms with Gasteiger partial charge in [-0.1, -0.05) is 19.8 Å². The average Bonchev–Trinajstić information content (AvgIpc) is 2.54. The van der Waals surface area contributed by atoms with Gasteiger partial charge in [-0.15, -0.1) is 0 Å². The molecule has 0 heterocycles. The minimum Gasteiger partial charge on any atom is -0.460 e. The van der Waals surface area contributed by atoms with E-state index in [2.05, 4.69) is 6.92 Å². The topological polar surface area (TPSA) is 105 Å². The molecular weight excluding hydrogens is 319 g/mol. The second-order valence-corrected chi connectivity index (χ2v) is 5.95. The SMILES string of the molecule is C[C@H]1CCCC[C@@H]1OCCOC(=O)c1cc(F)cc([N+](=O)[O-])c1N. The molecule has 0 bridgehead atoms. The van der Waals surface area contributed by atoms with E-state index in [9.17, 15) is 19.3 Å². The number of nitrogen functional groups attached to an aromatic ring is 1. The average molecular weight is 340 g/mol. The molecule has 24 heavy (non-hydrogen) atoms. The van der Waals surface area contributed by atoms with Crippen molar-refractivity contribution in [2.45, 2.75) is 38.7 Å². The number of hydrogen-bond donors (Lipinski definition) is 1. The molecule has 0 aromatic heterocycles. The summed E-state index contributed by atoms with van der Waals surface area (Å²) < 4.78 is 24.1. The molecule has 0 spiro atoms. The van der Waals surface area contributed by atoms with E-state index in [-0.39, 0.29) is 24.9 Å². The Kier molecular flexibility index (Phi) is 6.08. The highest BCUT2D eigenvalue weighted by Gasteiger charge is 2.24. The number of anilines is 1. The highest BCUT2D eigenvalue weighted by atomic mass is 19.1. The van der Waals surface area contributed by atoms with E-state index in [0.717, 1.165) is 25.3 Å². The van der Waals surface area contributed by atoms with Crippen LogP contribution in [0.5, 0.6) is 0 Å². The molecule has 1 aliphatic carbocycles. The Morgan fingerprint density at radius 2 is 2.08 bits per heavy atom. The van der Waals surface area contributed by atoms with Crippen LogP contribution < -0.4 is 5.73 Å². The Balaban J connectivity index is 1.90. The molecular formula is C16H21FN2O5. The Morgan fingerprint density at radius 3 is 2.75 bits per heavy atom. The third-order valence-electron chi connectivity index (χ3n) is 4.22. The predicted molar refractivity (Wildman–Crippen MR) is 85.1 cm³/mol. The van der Waals surface area contributed by atoms with Gasteiger partial charge in [0.2, 0.25) is 0 Å². The van der Waals surface area contributed by atoms with Crippen LogP contribution in [0.4, 0.5) is 15.8 Å². The number of esters is 1. The van der Waals surface area contributed by atoms with Gasteiger partial charge in [0.25, 0.3) is 5.69 Å². The van der Waals surface area contributed by atoms with Crippen LogP contribution in [0.15, 0.2) is 12.1 Å². The van der Waals surface area contributed by atoms with Gasteiger partial charge in [-0.3, -0.25) is 10.1 Å². The Bertz CT molecular complexity index is 623. The molecule has 1 saturated carbocycles. The molecule has 1 aliphatic rings. The smallest absolute Gasteiger partial charge is 0.340 e. The second-order valence-electron chi connectivity index (χ2n) is 5.95. The Morgan fingerprint density at radius 1 is 1.38 bits per heavy atom. The van der Waals surface area contributed by atoms with Crippen molar-refractivity contribution in [2.75, 3.05) is 18.9 Å². The van der Waals surface area contributed by atoms with E-state index < -0.39 is 28.1 Å². The van der Waals surface area contributed by atoms with Crippen molar-refractivity contribution in [2.24, 2.45) is 5.92 Å². The van der Waals surface area contributed by atoms with Crippen molar-refractivity contribution in [3.05, 3.63) is 33.6 Å². The quantitative estimate of drug-likeness (QED) is 0.280. The minimum atomic E-state index is -0.921. The third kappa shape index (κ3) is 4.41. The van der Waals surface area contributed by atoms with Crippen LogP contribution >= 0.6 is 0 Å². The summed E-state index contributed by atoms with van der Waals surface area (Å²) in [5, 5.41) is 10.8. The molecule has 8 heteroatoms. The van der Waals surface area contributed by atoms with Crippen molar-refractivity contribution in [3.8, 4) is 0 Å². The van der Waals surface area contributed by atoms with Gasteiger partial charge in [0.15, 0.2) is 0 Å². The number of halogens is 1. The first-order valence-corrected chi connectivity index (χ1v) is 7.92. The number of nitro groups is 1. The predicted octanol–water partition coefficient (Wildman–Crippen LogP) is 3.07. The Hall–Kier alpha value is -2.22. The molecule has 1 fully saturated rings. The summed E-state index contributed by atoms with van der Waals surface area (Å²) in [7, 11) is 0. The van der Waals surface area contributed by atoms with Crippen LogP contribution in [0.1, 0.15) is 43.0 Å². The second kappa shape index (κ2) is 8.05. The lowest BCUT2D eigenvalue weighted by atomic mass is 9.88. The summed E-state index contributed by atoms with van der Waals surface area (Å²) in [5.41, 5.74) is 4.13. The molecule has 2 rings (SSSR count). The fraction of sp³-hybridized carbons (Fsp3) is 0.562. The van der Waals surface area contributed by atoms with Crippen LogP contribution in [0.25, 0.3) is 0 Å². The third-order valence-corrected chi connectivity index (χ3v) is 4.22. The van der Waals surface area contributed by atoms with Gasteiger partial charge >= 0.3 is 5.97 Å². The highest BCUT2D eigenvalue weighted by molar-refractivity contribution is 5.97. The van der Waals surface area contributed by atoms with Gasteiger partial charge in [-0.05, 0) is 24.8 Å². The zero-order chi connectivity index (χ0) is 17.7. The summed E-state index contributed by atoms with van der Waals surface area (Å²) >= 11 is 0. The van der Waals surface area contributed by atoms with Crippen LogP contribution in [0.3, 0.4) is 0 Å².